The maximum Gasteiger partial charge on any atom is 0.233 e. The second-order valence-corrected chi connectivity index (χ2v) is 6.65. The highest BCUT2D eigenvalue weighted by Crippen LogP contribution is 2.39. The van der Waals surface area contributed by atoms with E-state index < -0.39 is 0 Å². The van der Waals surface area contributed by atoms with Crippen LogP contribution in [0.25, 0.3) is 0 Å². The molecule has 2 aromatic rings. The molecule has 0 saturated carbocycles. The van der Waals surface area contributed by atoms with Crippen molar-refractivity contribution < 1.29 is 4.79 Å². The van der Waals surface area contributed by atoms with Gasteiger partial charge in [0.25, 0.3) is 0 Å². The van der Waals surface area contributed by atoms with Crippen molar-refractivity contribution in [2.75, 3.05) is 11.1 Å². The molecule has 1 amide bonds. The zero-order valence-electron chi connectivity index (χ0n) is 10.9. The highest BCUT2D eigenvalue weighted by atomic mass is 79.9. The summed E-state index contributed by atoms with van der Waals surface area (Å²) in [7, 11) is 0. The van der Waals surface area contributed by atoms with Gasteiger partial charge in [0.1, 0.15) is 5.82 Å². The molecule has 5 heteroatoms. The molecule has 0 saturated heterocycles. The van der Waals surface area contributed by atoms with Crippen LogP contribution in [0.2, 0.25) is 0 Å². The Morgan fingerprint density at radius 1 is 1.45 bits per heavy atom. The van der Waals surface area contributed by atoms with Gasteiger partial charge in [-0.15, -0.1) is 11.8 Å². The predicted molar refractivity (Wildman–Crippen MR) is 85.2 cm³/mol. The van der Waals surface area contributed by atoms with Crippen molar-refractivity contribution >= 4 is 39.4 Å². The largest absolute Gasteiger partial charge is 0.309 e. The fourth-order valence-corrected chi connectivity index (χ4v) is 4.00. The summed E-state index contributed by atoms with van der Waals surface area (Å²) in [6, 6.07) is 10.0. The molecule has 0 bridgehead atoms. The Morgan fingerprint density at radius 2 is 2.25 bits per heavy atom. The van der Waals surface area contributed by atoms with E-state index in [1.165, 1.54) is 4.90 Å². The van der Waals surface area contributed by atoms with Crippen LogP contribution in [-0.4, -0.2) is 16.6 Å². The summed E-state index contributed by atoms with van der Waals surface area (Å²) in [6.07, 6.45) is 1.75. The molecule has 20 heavy (non-hydrogen) atoms. The number of fused-ring (bicyclic) bond motifs is 1. The van der Waals surface area contributed by atoms with Gasteiger partial charge in [0, 0.05) is 16.8 Å². The molecular formula is C15H13BrN2OS. The number of benzene rings is 1. The molecule has 1 N–H and O–H groups in total. The van der Waals surface area contributed by atoms with Gasteiger partial charge >= 0.3 is 0 Å². The normalized spacial score (nSPS) is 16.8. The first-order chi connectivity index (χ1) is 9.65. The van der Waals surface area contributed by atoms with Crippen molar-refractivity contribution in [1.29, 1.82) is 0 Å². The van der Waals surface area contributed by atoms with Crippen molar-refractivity contribution in [2.45, 2.75) is 17.7 Å². The third kappa shape index (κ3) is 2.60. The van der Waals surface area contributed by atoms with Gasteiger partial charge in [-0.25, -0.2) is 4.98 Å². The Labute approximate surface area is 130 Å². The Kier molecular flexibility index (Phi) is 3.81. The van der Waals surface area contributed by atoms with Crippen LogP contribution in [0, 0.1) is 6.92 Å². The van der Waals surface area contributed by atoms with E-state index in [1.54, 1.807) is 18.0 Å². The summed E-state index contributed by atoms with van der Waals surface area (Å²) in [4.78, 5) is 17.9. The van der Waals surface area contributed by atoms with Gasteiger partial charge in [0.15, 0.2) is 0 Å². The lowest BCUT2D eigenvalue weighted by molar-refractivity contribution is -0.117. The molecule has 0 radical (unpaired) electrons. The average Bonchev–Trinajstić information content (AvgIpc) is 2.86. The van der Waals surface area contributed by atoms with Gasteiger partial charge in [-0.05, 0) is 46.1 Å². The Bertz CT molecular complexity index is 675. The third-order valence-corrected chi connectivity index (χ3v) is 5.02. The van der Waals surface area contributed by atoms with E-state index in [9.17, 15) is 4.79 Å². The molecule has 1 aromatic heterocycles. The van der Waals surface area contributed by atoms with Crippen LogP contribution < -0.4 is 5.32 Å². The number of hydrogen-bond donors (Lipinski definition) is 1. The minimum Gasteiger partial charge on any atom is -0.309 e. The van der Waals surface area contributed by atoms with Crippen molar-refractivity contribution in [3.63, 3.8) is 0 Å². The minimum absolute atomic E-state index is 0.000460. The van der Waals surface area contributed by atoms with E-state index in [4.69, 9.17) is 0 Å². The van der Waals surface area contributed by atoms with Crippen molar-refractivity contribution in [3.8, 4) is 0 Å². The fraction of sp³-hybridized carbons (Fsp3) is 0.200. The quantitative estimate of drug-likeness (QED) is 0.892. The van der Waals surface area contributed by atoms with Gasteiger partial charge in [0.05, 0.1) is 10.4 Å². The highest BCUT2D eigenvalue weighted by Gasteiger charge is 2.29. The Morgan fingerprint density at radius 3 is 3.05 bits per heavy atom. The smallest absolute Gasteiger partial charge is 0.233 e. The first-order valence-electron chi connectivity index (χ1n) is 6.30. The standard InChI is InChI=1S/C15H13BrN2OS/c1-9-6-12(16)14(17-7-9)18-15(19)11-8-20-13-5-3-2-4-10(11)13/h2-7,11H,8H2,1H3,(H,17,18,19)/t11-/m1/s1. The lowest BCUT2D eigenvalue weighted by Crippen LogP contribution is -2.21. The molecule has 0 fully saturated rings. The molecule has 2 heterocycles. The van der Waals surface area contributed by atoms with E-state index >= 15 is 0 Å². The van der Waals surface area contributed by atoms with Gasteiger partial charge in [-0.2, -0.15) is 0 Å². The van der Waals surface area contributed by atoms with Crippen LogP contribution in [0.5, 0.6) is 0 Å². The van der Waals surface area contributed by atoms with E-state index in [1.807, 2.05) is 31.2 Å². The van der Waals surface area contributed by atoms with E-state index in [0.717, 1.165) is 21.4 Å². The highest BCUT2D eigenvalue weighted by molar-refractivity contribution is 9.10. The van der Waals surface area contributed by atoms with E-state index in [-0.39, 0.29) is 11.8 Å². The average molecular weight is 349 g/mol. The summed E-state index contributed by atoms with van der Waals surface area (Å²) in [6.45, 7) is 1.97. The summed E-state index contributed by atoms with van der Waals surface area (Å²) in [5.41, 5.74) is 2.16. The van der Waals surface area contributed by atoms with Crippen molar-refractivity contribution in [3.05, 3.63) is 52.1 Å². The number of hydrogen-bond acceptors (Lipinski definition) is 3. The number of nitrogens with zero attached hydrogens (tertiary/aromatic N) is 1. The lowest BCUT2D eigenvalue weighted by atomic mass is 10.0. The predicted octanol–water partition coefficient (Wildman–Crippen LogP) is 3.98. The topological polar surface area (TPSA) is 42.0 Å². The first-order valence-corrected chi connectivity index (χ1v) is 8.08. The zero-order valence-corrected chi connectivity index (χ0v) is 13.3. The first kappa shape index (κ1) is 13.6. The molecule has 1 aliphatic heterocycles. The Hall–Kier alpha value is -1.33. The summed E-state index contributed by atoms with van der Waals surface area (Å²) in [5, 5.41) is 2.91. The van der Waals surface area contributed by atoms with Gasteiger partial charge < -0.3 is 5.32 Å². The van der Waals surface area contributed by atoms with E-state index in [0.29, 0.717) is 5.82 Å². The van der Waals surface area contributed by atoms with Crippen LogP contribution in [0.4, 0.5) is 5.82 Å². The number of nitrogens with one attached hydrogen (secondary N) is 1. The van der Waals surface area contributed by atoms with Crippen LogP contribution in [0.15, 0.2) is 45.9 Å². The zero-order chi connectivity index (χ0) is 14.1. The minimum atomic E-state index is -0.105. The number of amides is 1. The number of rotatable bonds is 2. The summed E-state index contributed by atoms with van der Waals surface area (Å²) >= 11 is 5.16. The third-order valence-electron chi connectivity index (χ3n) is 3.24. The molecule has 0 unspecified atom stereocenters. The van der Waals surface area contributed by atoms with Crippen molar-refractivity contribution in [1.82, 2.24) is 4.98 Å². The molecule has 1 atom stereocenters. The summed E-state index contributed by atoms with van der Waals surface area (Å²) in [5.74, 6) is 1.26. The van der Waals surface area contributed by atoms with Crippen molar-refractivity contribution in [2.24, 2.45) is 0 Å². The maximum absolute atomic E-state index is 12.4. The van der Waals surface area contributed by atoms with Crippen LogP contribution in [0.3, 0.4) is 0 Å². The van der Waals surface area contributed by atoms with Gasteiger partial charge in [0.2, 0.25) is 5.91 Å². The van der Waals surface area contributed by atoms with Crippen LogP contribution in [0.1, 0.15) is 17.0 Å². The Balaban J connectivity index is 1.81. The molecule has 3 rings (SSSR count). The fourth-order valence-electron chi connectivity index (χ4n) is 2.21. The van der Waals surface area contributed by atoms with Crippen LogP contribution in [-0.2, 0) is 4.79 Å². The van der Waals surface area contributed by atoms with E-state index in [2.05, 4.69) is 32.3 Å². The molecule has 102 valence electrons. The SMILES string of the molecule is Cc1cnc(NC(=O)[C@@H]2CSc3ccccc32)c(Br)c1. The number of thioether (sulfide) groups is 1. The molecule has 0 aliphatic carbocycles. The molecule has 3 nitrogen and oxygen atoms in total. The molecule has 0 spiro atoms. The monoisotopic (exact) mass is 348 g/mol. The number of aromatic nitrogens is 1. The number of carbonyl (C=O) groups is 1. The molecule has 1 aromatic carbocycles. The maximum atomic E-state index is 12.4. The second kappa shape index (κ2) is 5.58. The molecular weight excluding hydrogens is 336 g/mol. The summed E-state index contributed by atoms with van der Waals surface area (Å²) < 4.78 is 0.810. The number of anilines is 1. The lowest BCUT2D eigenvalue weighted by Gasteiger charge is -2.12. The van der Waals surface area contributed by atoms with Gasteiger partial charge in [-0.3, -0.25) is 4.79 Å². The number of carbonyl (C=O) groups excluding carboxylic acids is 1. The van der Waals surface area contributed by atoms with Gasteiger partial charge in [-0.1, -0.05) is 18.2 Å². The van der Waals surface area contributed by atoms with Crippen LogP contribution >= 0.6 is 27.7 Å². The number of aryl methyl sites for hydroxylation is 1. The molecule has 1 aliphatic rings. The number of halogens is 1. The second-order valence-electron chi connectivity index (χ2n) is 4.73. The number of pyridine rings is 1.